The van der Waals surface area contributed by atoms with Crippen LogP contribution in [-0.2, 0) is 30.5 Å². The van der Waals surface area contributed by atoms with E-state index in [1.54, 1.807) is 4.57 Å². The lowest BCUT2D eigenvalue weighted by Crippen LogP contribution is -2.42. The number of rotatable bonds is 4. The minimum Gasteiger partial charge on any atom is -0.308 e. The van der Waals surface area contributed by atoms with Crippen LogP contribution in [0.4, 0.5) is 0 Å². The Morgan fingerprint density at radius 2 is 1.83 bits per heavy atom. The molecule has 0 aromatic carbocycles. The third-order valence-electron chi connectivity index (χ3n) is 4.78. The summed E-state index contributed by atoms with van der Waals surface area (Å²) < 4.78 is 27.3. The van der Waals surface area contributed by atoms with Crippen molar-refractivity contribution in [2.24, 2.45) is 19.5 Å². The lowest BCUT2D eigenvalue weighted by atomic mass is 9.70. The van der Waals surface area contributed by atoms with E-state index in [1.807, 2.05) is 0 Å². The standard InChI is InChI=1S/C14H19ClN4O4S/c1-17-10-9(11(20)18(2)13(17)21)19(12(15)16-10)7-14(5-4-6-14)8-24(3,22)23/h4-8H2,1-3H3. The molecule has 0 bridgehead atoms. The zero-order valence-electron chi connectivity index (χ0n) is 13.7. The van der Waals surface area contributed by atoms with Crippen LogP contribution in [0.25, 0.3) is 11.2 Å². The third-order valence-corrected chi connectivity index (χ3v) is 6.20. The van der Waals surface area contributed by atoms with Gasteiger partial charge in [0.15, 0.2) is 11.2 Å². The van der Waals surface area contributed by atoms with Crippen molar-refractivity contribution in [2.75, 3.05) is 12.0 Å². The molecular weight excluding hydrogens is 356 g/mol. The van der Waals surface area contributed by atoms with Gasteiger partial charge in [-0.3, -0.25) is 13.9 Å². The number of aromatic nitrogens is 4. The molecule has 3 rings (SSSR count). The van der Waals surface area contributed by atoms with Crippen LogP contribution < -0.4 is 11.2 Å². The van der Waals surface area contributed by atoms with E-state index in [0.29, 0.717) is 6.54 Å². The Labute approximate surface area is 143 Å². The molecule has 1 saturated carbocycles. The molecule has 0 amide bonds. The third kappa shape index (κ3) is 2.69. The maximum absolute atomic E-state index is 12.5. The summed E-state index contributed by atoms with van der Waals surface area (Å²) in [5.74, 6) is 0.0437. The van der Waals surface area contributed by atoms with Gasteiger partial charge in [-0.2, -0.15) is 4.98 Å². The van der Waals surface area contributed by atoms with Crippen LogP contribution in [-0.4, -0.2) is 39.1 Å². The molecule has 0 radical (unpaired) electrons. The molecule has 132 valence electrons. The van der Waals surface area contributed by atoms with Gasteiger partial charge in [0.2, 0.25) is 5.28 Å². The minimum absolute atomic E-state index is 0.0437. The van der Waals surface area contributed by atoms with E-state index in [4.69, 9.17) is 11.6 Å². The molecule has 0 N–H and O–H groups in total. The van der Waals surface area contributed by atoms with Crippen molar-refractivity contribution in [2.45, 2.75) is 25.8 Å². The second-order valence-corrected chi connectivity index (χ2v) is 9.25. The molecule has 1 aliphatic rings. The summed E-state index contributed by atoms with van der Waals surface area (Å²) >= 11 is 6.21. The molecule has 0 saturated heterocycles. The number of imidazole rings is 1. The second kappa shape index (κ2) is 5.45. The number of hydrogen-bond acceptors (Lipinski definition) is 5. The summed E-state index contributed by atoms with van der Waals surface area (Å²) in [6.07, 6.45) is 3.66. The maximum Gasteiger partial charge on any atom is 0.332 e. The highest BCUT2D eigenvalue weighted by atomic mass is 35.5. The Balaban J connectivity index is 2.19. The van der Waals surface area contributed by atoms with E-state index in [-0.39, 0.29) is 22.2 Å². The Morgan fingerprint density at radius 3 is 2.33 bits per heavy atom. The second-order valence-electron chi connectivity index (χ2n) is 6.77. The fourth-order valence-electron chi connectivity index (χ4n) is 3.48. The van der Waals surface area contributed by atoms with Crippen LogP contribution in [0, 0.1) is 5.41 Å². The molecule has 0 atom stereocenters. The summed E-state index contributed by atoms with van der Waals surface area (Å²) in [7, 11) is -0.245. The fraction of sp³-hybridized carbons (Fsp3) is 0.643. The van der Waals surface area contributed by atoms with Crippen molar-refractivity contribution >= 4 is 32.6 Å². The van der Waals surface area contributed by atoms with E-state index in [1.165, 1.54) is 24.9 Å². The van der Waals surface area contributed by atoms with Gasteiger partial charge in [-0.1, -0.05) is 6.42 Å². The molecule has 0 aliphatic heterocycles. The fourth-order valence-corrected chi connectivity index (χ4v) is 5.20. The van der Waals surface area contributed by atoms with Crippen molar-refractivity contribution in [1.82, 2.24) is 18.7 Å². The van der Waals surface area contributed by atoms with Crippen LogP contribution in [0.5, 0.6) is 0 Å². The smallest absolute Gasteiger partial charge is 0.308 e. The van der Waals surface area contributed by atoms with Crippen LogP contribution in [0.15, 0.2) is 9.59 Å². The number of sulfone groups is 1. The molecule has 1 aliphatic carbocycles. The van der Waals surface area contributed by atoms with Crippen LogP contribution in [0.3, 0.4) is 0 Å². The zero-order valence-corrected chi connectivity index (χ0v) is 15.3. The van der Waals surface area contributed by atoms with Gasteiger partial charge in [0.25, 0.3) is 5.56 Å². The minimum atomic E-state index is -3.16. The lowest BCUT2D eigenvalue weighted by molar-refractivity contribution is 0.138. The maximum atomic E-state index is 12.5. The van der Waals surface area contributed by atoms with Gasteiger partial charge in [0, 0.05) is 32.3 Å². The summed E-state index contributed by atoms with van der Waals surface area (Å²) in [5.41, 5.74) is -0.971. The average Bonchev–Trinajstić information content (AvgIpc) is 2.76. The molecule has 0 spiro atoms. The normalized spacial score (nSPS) is 17.2. The molecule has 2 heterocycles. The Bertz CT molecular complexity index is 1040. The number of hydrogen-bond donors (Lipinski definition) is 0. The van der Waals surface area contributed by atoms with Gasteiger partial charge in [0.1, 0.15) is 9.84 Å². The Morgan fingerprint density at radius 1 is 1.21 bits per heavy atom. The first kappa shape index (κ1) is 17.2. The first-order valence-corrected chi connectivity index (χ1v) is 9.98. The monoisotopic (exact) mass is 374 g/mol. The van der Waals surface area contributed by atoms with E-state index in [0.717, 1.165) is 23.8 Å². The molecular formula is C14H19ClN4O4S. The van der Waals surface area contributed by atoms with Gasteiger partial charge in [-0.05, 0) is 24.4 Å². The van der Waals surface area contributed by atoms with Gasteiger partial charge in [-0.15, -0.1) is 0 Å². The van der Waals surface area contributed by atoms with E-state index >= 15 is 0 Å². The highest BCUT2D eigenvalue weighted by Gasteiger charge is 2.41. The quantitative estimate of drug-likeness (QED) is 0.717. The van der Waals surface area contributed by atoms with Crippen molar-refractivity contribution in [3.8, 4) is 0 Å². The zero-order chi connectivity index (χ0) is 17.9. The predicted molar refractivity (Wildman–Crippen MR) is 91.2 cm³/mol. The summed E-state index contributed by atoms with van der Waals surface area (Å²) in [6, 6.07) is 0. The molecule has 8 nitrogen and oxygen atoms in total. The van der Waals surface area contributed by atoms with Crippen LogP contribution in [0.2, 0.25) is 5.28 Å². The molecule has 1 fully saturated rings. The van der Waals surface area contributed by atoms with Crippen molar-refractivity contribution < 1.29 is 8.42 Å². The molecule has 2 aromatic rings. The predicted octanol–water partition coefficient (Wildman–Crippen LogP) is 0.302. The van der Waals surface area contributed by atoms with Crippen molar-refractivity contribution in [3.05, 3.63) is 26.1 Å². The van der Waals surface area contributed by atoms with Gasteiger partial charge in [-0.25, -0.2) is 13.2 Å². The first-order chi connectivity index (χ1) is 11.0. The first-order valence-electron chi connectivity index (χ1n) is 7.54. The van der Waals surface area contributed by atoms with Crippen LogP contribution in [0.1, 0.15) is 19.3 Å². The lowest BCUT2D eigenvalue weighted by Gasteiger charge is -2.41. The topological polar surface area (TPSA) is 96.0 Å². The highest BCUT2D eigenvalue weighted by Crippen LogP contribution is 2.44. The Hall–Kier alpha value is -1.61. The highest BCUT2D eigenvalue weighted by molar-refractivity contribution is 7.90. The number of fused-ring (bicyclic) bond motifs is 1. The van der Waals surface area contributed by atoms with E-state index in [2.05, 4.69) is 4.98 Å². The molecule has 24 heavy (non-hydrogen) atoms. The molecule has 10 heteroatoms. The van der Waals surface area contributed by atoms with Crippen molar-refractivity contribution in [3.63, 3.8) is 0 Å². The summed E-state index contributed by atoms with van der Waals surface area (Å²) in [6.45, 7) is 0.294. The molecule has 0 unspecified atom stereocenters. The van der Waals surface area contributed by atoms with Gasteiger partial charge >= 0.3 is 5.69 Å². The Kier molecular flexibility index (Phi) is 3.91. The van der Waals surface area contributed by atoms with E-state index < -0.39 is 26.5 Å². The summed E-state index contributed by atoms with van der Waals surface area (Å²) in [4.78, 5) is 28.7. The number of aryl methyl sites for hydroxylation is 1. The number of halogens is 1. The van der Waals surface area contributed by atoms with E-state index in [9.17, 15) is 18.0 Å². The SMILES string of the molecule is Cn1c(=O)c2c(nc(Cl)n2CC2(CS(C)(=O)=O)CCC2)n(C)c1=O. The number of nitrogens with zero attached hydrogens (tertiary/aromatic N) is 4. The summed E-state index contributed by atoms with van der Waals surface area (Å²) in [5, 5.41) is 0.0862. The van der Waals surface area contributed by atoms with Crippen LogP contribution >= 0.6 is 11.6 Å². The molecule has 2 aromatic heterocycles. The van der Waals surface area contributed by atoms with Gasteiger partial charge < -0.3 is 4.57 Å². The largest absolute Gasteiger partial charge is 0.332 e. The van der Waals surface area contributed by atoms with Gasteiger partial charge in [0.05, 0.1) is 5.75 Å². The average molecular weight is 375 g/mol. The van der Waals surface area contributed by atoms with Crippen molar-refractivity contribution in [1.29, 1.82) is 0 Å².